The number of nitrogens with zero attached hydrogens (tertiary/aromatic N) is 2. The van der Waals surface area contributed by atoms with Gasteiger partial charge in [-0.1, -0.05) is 17.3 Å². The number of amides is 1. The number of aryl methyl sites for hydroxylation is 1. The number of rotatable bonds is 7. The summed E-state index contributed by atoms with van der Waals surface area (Å²) in [6.07, 6.45) is 0. The second-order valence-electron chi connectivity index (χ2n) is 7.18. The maximum absolute atomic E-state index is 14.4. The van der Waals surface area contributed by atoms with E-state index in [0.29, 0.717) is 33.9 Å². The number of carbonyl (C=O) groups is 1. The van der Waals surface area contributed by atoms with Crippen LogP contribution in [0.1, 0.15) is 21.6 Å². The molecule has 4 rings (SSSR count). The molecule has 170 valence electrons. The van der Waals surface area contributed by atoms with Gasteiger partial charge in [-0.25, -0.2) is 9.37 Å². The van der Waals surface area contributed by atoms with Crippen molar-refractivity contribution in [2.45, 2.75) is 13.5 Å². The summed E-state index contributed by atoms with van der Waals surface area (Å²) in [5.74, 6) is 0.687. The largest absolute Gasteiger partial charge is 0.496 e. The highest BCUT2D eigenvalue weighted by Crippen LogP contribution is 2.35. The van der Waals surface area contributed by atoms with Crippen LogP contribution in [0.5, 0.6) is 17.2 Å². The Morgan fingerprint density at radius 3 is 2.42 bits per heavy atom. The van der Waals surface area contributed by atoms with Crippen molar-refractivity contribution in [1.82, 2.24) is 15.5 Å². The van der Waals surface area contributed by atoms with Crippen LogP contribution in [0, 0.1) is 12.7 Å². The standard InChI is InChI=1S/C24H22FN3O5/c1-13-22-16(10-18(27-24(22)33-28-13)15-7-5-6-8-17(15)25)23(29)26-12-14-9-20(31-3)21(32-4)11-19(14)30-2/h5-11H,12H2,1-4H3,(H,26,29). The fraction of sp³-hybridized carbons (Fsp3) is 0.208. The lowest BCUT2D eigenvalue weighted by atomic mass is 10.0. The molecule has 9 heteroatoms. The molecule has 0 radical (unpaired) electrons. The third kappa shape index (κ3) is 4.17. The minimum Gasteiger partial charge on any atom is -0.496 e. The molecule has 0 aliphatic carbocycles. The Morgan fingerprint density at radius 1 is 1.03 bits per heavy atom. The Morgan fingerprint density at radius 2 is 1.73 bits per heavy atom. The van der Waals surface area contributed by atoms with E-state index in [1.807, 2.05) is 0 Å². The van der Waals surface area contributed by atoms with Crippen LogP contribution in [0.3, 0.4) is 0 Å². The van der Waals surface area contributed by atoms with E-state index >= 15 is 0 Å². The van der Waals surface area contributed by atoms with Gasteiger partial charge in [-0.05, 0) is 31.2 Å². The Balaban J connectivity index is 1.70. The monoisotopic (exact) mass is 451 g/mol. The number of aromatic nitrogens is 2. The number of benzene rings is 2. The summed E-state index contributed by atoms with van der Waals surface area (Å²) in [7, 11) is 4.58. The van der Waals surface area contributed by atoms with Crippen molar-refractivity contribution in [1.29, 1.82) is 0 Å². The third-order valence-corrected chi connectivity index (χ3v) is 5.24. The Hall–Kier alpha value is -4.14. The first-order chi connectivity index (χ1) is 16.0. The first-order valence-corrected chi connectivity index (χ1v) is 10.1. The Bertz CT molecular complexity index is 1340. The minimum absolute atomic E-state index is 0.144. The second-order valence-corrected chi connectivity index (χ2v) is 7.18. The fourth-order valence-electron chi connectivity index (χ4n) is 3.58. The van der Waals surface area contributed by atoms with Crippen LogP contribution in [-0.4, -0.2) is 37.4 Å². The molecule has 33 heavy (non-hydrogen) atoms. The number of hydrogen-bond donors (Lipinski definition) is 1. The first kappa shape index (κ1) is 22.1. The summed E-state index contributed by atoms with van der Waals surface area (Å²) in [6, 6.07) is 11.1. The van der Waals surface area contributed by atoms with Gasteiger partial charge in [0.1, 0.15) is 11.6 Å². The second kappa shape index (κ2) is 9.15. The summed E-state index contributed by atoms with van der Waals surface area (Å²) >= 11 is 0. The van der Waals surface area contributed by atoms with E-state index in [1.165, 1.54) is 33.5 Å². The van der Waals surface area contributed by atoms with Crippen molar-refractivity contribution < 1.29 is 27.9 Å². The molecule has 0 spiro atoms. The highest BCUT2D eigenvalue weighted by atomic mass is 19.1. The normalized spacial score (nSPS) is 10.8. The molecular weight excluding hydrogens is 429 g/mol. The number of halogens is 1. The highest BCUT2D eigenvalue weighted by molar-refractivity contribution is 6.07. The SMILES string of the molecule is COc1cc(OC)c(OC)cc1CNC(=O)c1cc(-c2ccccc2F)nc2onc(C)c12. The van der Waals surface area contributed by atoms with Crippen LogP contribution in [0.15, 0.2) is 47.0 Å². The molecule has 1 amide bonds. The van der Waals surface area contributed by atoms with Gasteiger partial charge in [0.2, 0.25) is 0 Å². The van der Waals surface area contributed by atoms with Gasteiger partial charge in [0.25, 0.3) is 11.6 Å². The van der Waals surface area contributed by atoms with Crippen LogP contribution < -0.4 is 19.5 Å². The predicted octanol–water partition coefficient (Wildman–Crippen LogP) is 4.29. The Labute approximate surface area is 189 Å². The zero-order valence-electron chi connectivity index (χ0n) is 18.6. The van der Waals surface area contributed by atoms with Crippen molar-refractivity contribution in [3.8, 4) is 28.5 Å². The lowest BCUT2D eigenvalue weighted by Gasteiger charge is -2.15. The van der Waals surface area contributed by atoms with E-state index in [1.54, 1.807) is 37.3 Å². The molecule has 8 nitrogen and oxygen atoms in total. The zero-order chi connectivity index (χ0) is 23.5. The van der Waals surface area contributed by atoms with E-state index in [4.69, 9.17) is 18.7 Å². The molecule has 0 bridgehead atoms. The molecule has 2 aromatic carbocycles. The summed E-state index contributed by atoms with van der Waals surface area (Å²) in [5, 5.41) is 7.26. The van der Waals surface area contributed by atoms with Crippen molar-refractivity contribution in [2.75, 3.05) is 21.3 Å². The number of ether oxygens (including phenoxy) is 3. The average Bonchev–Trinajstić information content (AvgIpc) is 3.22. The number of fused-ring (bicyclic) bond motifs is 1. The molecular formula is C24H22FN3O5. The molecule has 2 heterocycles. The smallest absolute Gasteiger partial charge is 0.259 e. The minimum atomic E-state index is -0.456. The number of methoxy groups -OCH3 is 3. The molecule has 0 aliphatic heterocycles. The average molecular weight is 451 g/mol. The predicted molar refractivity (Wildman–Crippen MR) is 119 cm³/mol. The third-order valence-electron chi connectivity index (χ3n) is 5.24. The molecule has 0 fully saturated rings. The van der Waals surface area contributed by atoms with Crippen molar-refractivity contribution in [3.05, 3.63) is 65.1 Å². The molecule has 0 unspecified atom stereocenters. The fourth-order valence-corrected chi connectivity index (χ4v) is 3.58. The van der Waals surface area contributed by atoms with Gasteiger partial charge in [0.15, 0.2) is 11.5 Å². The van der Waals surface area contributed by atoms with E-state index in [9.17, 15) is 9.18 Å². The summed E-state index contributed by atoms with van der Waals surface area (Å²) in [5.41, 5.74) is 2.14. The lowest BCUT2D eigenvalue weighted by Crippen LogP contribution is -2.23. The van der Waals surface area contributed by atoms with Crippen LogP contribution in [0.4, 0.5) is 4.39 Å². The zero-order valence-corrected chi connectivity index (χ0v) is 18.6. The van der Waals surface area contributed by atoms with Gasteiger partial charge in [-0.2, -0.15) is 0 Å². The van der Waals surface area contributed by atoms with Gasteiger partial charge in [0, 0.05) is 23.7 Å². The summed E-state index contributed by atoms with van der Waals surface area (Å²) in [4.78, 5) is 17.6. The van der Waals surface area contributed by atoms with Crippen LogP contribution in [0.2, 0.25) is 0 Å². The first-order valence-electron chi connectivity index (χ1n) is 10.1. The van der Waals surface area contributed by atoms with Crippen LogP contribution in [-0.2, 0) is 6.54 Å². The summed E-state index contributed by atoms with van der Waals surface area (Å²) < 4.78 is 35.7. The highest BCUT2D eigenvalue weighted by Gasteiger charge is 2.21. The molecule has 0 saturated carbocycles. The van der Waals surface area contributed by atoms with Gasteiger partial charge in [-0.3, -0.25) is 4.79 Å². The van der Waals surface area contributed by atoms with Gasteiger partial charge in [-0.15, -0.1) is 0 Å². The maximum Gasteiger partial charge on any atom is 0.259 e. The van der Waals surface area contributed by atoms with Gasteiger partial charge in [0.05, 0.1) is 43.7 Å². The number of nitrogens with one attached hydrogen (secondary N) is 1. The Kier molecular flexibility index (Phi) is 6.12. The van der Waals surface area contributed by atoms with Crippen LogP contribution >= 0.6 is 0 Å². The van der Waals surface area contributed by atoms with E-state index in [2.05, 4.69) is 15.5 Å². The molecule has 0 atom stereocenters. The van der Waals surface area contributed by atoms with Gasteiger partial charge >= 0.3 is 0 Å². The van der Waals surface area contributed by atoms with Gasteiger partial charge < -0.3 is 24.1 Å². The molecule has 0 saturated heterocycles. The molecule has 2 aromatic heterocycles. The van der Waals surface area contributed by atoms with E-state index < -0.39 is 11.7 Å². The molecule has 4 aromatic rings. The quantitative estimate of drug-likeness (QED) is 0.448. The van der Waals surface area contributed by atoms with Crippen molar-refractivity contribution >= 4 is 17.0 Å². The number of hydrogen-bond acceptors (Lipinski definition) is 7. The topological polar surface area (TPSA) is 95.7 Å². The summed E-state index contributed by atoms with van der Waals surface area (Å²) in [6.45, 7) is 1.86. The van der Waals surface area contributed by atoms with Crippen molar-refractivity contribution in [3.63, 3.8) is 0 Å². The maximum atomic E-state index is 14.4. The molecule has 1 N–H and O–H groups in total. The number of pyridine rings is 1. The van der Waals surface area contributed by atoms with E-state index in [0.717, 1.165) is 0 Å². The van der Waals surface area contributed by atoms with Crippen LogP contribution in [0.25, 0.3) is 22.4 Å². The molecule has 0 aliphatic rings. The van der Waals surface area contributed by atoms with E-state index in [-0.39, 0.29) is 29.1 Å². The number of carbonyl (C=O) groups excluding carboxylic acids is 1. The lowest BCUT2D eigenvalue weighted by molar-refractivity contribution is 0.0952. The van der Waals surface area contributed by atoms with Crippen molar-refractivity contribution in [2.24, 2.45) is 0 Å².